The quantitative estimate of drug-likeness (QED) is 0.808. The van der Waals surface area contributed by atoms with Gasteiger partial charge in [-0.15, -0.1) is 11.3 Å². The molecule has 1 saturated carbocycles. The number of hydrogen-bond donors (Lipinski definition) is 1. The normalized spacial score (nSPS) is 15.6. The molecule has 0 radical (unpaired) electrons. The van der Waals surface area contributed by atoms with Crippen LogP contribution in [-0.4, -0.2) is 17.6 Å². The average Bonchev–Trinajstić information content (AvgIpc) is 2.97. The highest BCUT2D eigenvalue weighted by Gasteiger charge is 2.30. The predicted molar refractivity (Wildman–Crippen MR) is 65.3 cm³/mol. The van der Waals surface area contributed by atoms with Crippen molar-refractivity contribution in [1.82, 2.24) is 4.98 Å². The van der Waals surface area contributed by atoms with Crippen LogP contribution in [0.25, 0.3) is 0 Å². The molecule has 84 valence electrons. The van der Waals surface area contributed by atoms with Gasteiger partial charge in [-0.05, 0) is 19.3 Å². The molecule has 0 spiro atoms. The molecule has 0 unspecified atom stereocenters. The van der Waals surface area contributed by atoms with E-state index >= 15 is 0 Å². The van der Waals surface area contributed by atoms with E-state index in [1.807, 2.05) is 0 Å². The lowest BCUT2D eigenvalue weighted by atomic mass is 10.3. The van der Waals surface area contributed by atoms with Crippen LogP contribution in [0.3, 0.4) is 0 Å². The molecule has 0 bridgehead atoms. The third kappa shape index (κ3) is 2.69. The lowest BCUT2D eigenvalue weighted by molar-refractivity contribution is 0.709. The molecule has 1 aromatic rings. The highest BCUT2D eigenvalue weighted by atomic mass is 32.1. The molecule has 1 aliphatic rings. The molecule has 4 heteroatoms. The van der Waals surface area contributed by atoms with Crippen molar-refractivity contribution in [1.29, 1.82) is 0 Å². The molecular formula is C11H19N3S. The summed E-state index contributed by atoms with van der Waals surface area (Å²) in [5, 5.41) is 3.25. The third-order valence-corrected chi connectivity index (χ3v) is 3.66. The number of thiazole rings is 1. The second-order valence-electron chi connectivity index (χ2n) is 4.10. The fourth-order valence-corrected chi connectivity index (χ4v) is 2.61. The van der Waals surface area contributed by atoms with Crippen molar-refractivity contribution in [3.63, 3.8) is 0 Å². The lowest BCUT2D eigenvalue weighted by Gasteiger charge is -2.20. The van der Waals surface area contributed by atoms with Gasteiger partial charge in [0.2, 0.25) is 0 Å². The van der Waals surface area contributed by atoms with E-state index in [-0.39, 0.29) is 0 Å². The van der Waals surface area contributed by atoms with E-state index in [0.29, 0.717) is 6.54 Å². The number of unbranched alkanes of at least 4 members (excludes halogenated alkanes) is 1. The standard InChI is InChI=1S/C11H19N3S/c1-2-3-6-14(10-4-5-10)11-13-9(7-12)8-15-11/h8,10H,2-7,12H2,1H3. The summed E-state index contributed by atoms with van der Waals surface area (Å²) in [4.78, 5) is 7.03. The first-order valence-corrected chi connectivity index (χ1v) is 6.64. The summed E-state index contributed by atoms with van der Waals surface area (Å²) in [6.45, 7) is 3.94. The van der Waals surface area contributed by atoms with Gasteiger partial charge in [-0.2, -0.15) is 0 Å². The molecule has 15 heavy (non-hydrogen) atoms. The summed E-state index contributed by atoms with van der Waals surface area (Å²) in [6, 6.07) is 0.758. The van der Waals surface area contributed by atoms with Gasteiger partial charge in [0, 0.05) is 24.5 Å². The Balaban J connectivity index is 2.02. The van der Waals surface area contributed by atoms with Gasteiger partial charge in [-0.3, -0.25) is 0 Å². The predicted octanol–water partition coefficient (Wildman–Crippen LogP) is 2.37. The minimum absolute atomic E-state index is 0.558. The van der Waals surface area contributed by atoms with Gasteiger partial charge in [0.25, 0.3) is 0 Å². The number of hydrogen-bond acceptors (Lipinski definition) is 4. The zero-order chi connectivity index (χ0) is 10.7. The molecular weight excluding hydrogens is 206 g/mol. The van der Waals surface area contributed by atoms with Crippen molar-refractivity contribution in [3.05, 3.63) is 11.1 Å². The Morgan fingerprint density at radius 3 is 2.93 bits per heavy atom. The zero-order valence-corrected chi connectivity index (χ0v) is 10.1. The van der Waals surface area contributed by atoms with Crippen LogP contribution in [0, 0.1) is 0 Å². The van der Waals surface area contributed by atoms with Crippen molar-refractivity contribution in [2.45, 2.75) is 45.2 Å². The van der Waals surface area contributed by atoms with Crippen molar-refractivity contribution in [3.8, 4) is 0 Å². The van der Waals surface area contributed by atoms with Crippen molar-refractivity contribution in [2.24, 2.45) is 5.73 Å². The van der Waals surface area contributed by atoms with E-state index in [2.05, 4.69) is 22.2 Å². The summed E-state index contributed by atoms with van der Waals surface area (Å²) in [5.41, 5.74) is 6.61. The molecule has 1 fully saturated rings. The first kappa shape index (κ1) is 10.9. The van der Waals surface area contributed by atoms with Crippen molar-refractivity contribution < 1.29 is 0 Å². The first-order chi connectivity index (χ1) is 7.35. The smallest absolute Gasteiger partial charge is 0.185 e. The largest absolute Gasteiger partial charge is 0.345 e. The van der Waals surface area contributed by atoms with Crippen LogP contribution in [0.2, 0.25) is 0 Å². The molecule has 3 nitrogen and oxygen atoms in total. The molecule has 0 amide bonds. The minimum Gasteiger partial charge on any atom is -0.345 e. The Morgan fingerprint density at radius 2 is 2.40 bits per heavy atom. The van der Waals surface area contributed by atoms with Crippen LogP contribution < -0.4 is 10.6 Å². The first-order valence-electron chi connectivity index (χ1n) is 5.76. The molecule has 2 N–H and O–H groups in total. The highest BCUT2D eigenvalue weighted by molar-refractivity contribution is 7.13. The average molecular weight is 225 g/mol. The van der Waals surface area contributed by atoms with Crippen LogP contribution in [0.5, 0.6) is 0 Å². The molecule has 1 heterocycles. The van der Waals surface area contributed by atoms with Crippen LogP contribution in [0.1, 0.15) is 38.3 Å². The molecule has 1 aliphatic carbocycles. The Labute approximate surface area is 95.3 Å². The second-order valence-corrected chi connectivity index (χ2v) is 4.94. The maximum Gasteiger partial charge on any atom is 0.185 e. The third-order valence-electron chi connectivity index (χ3n) is 2.73. The number of aromatic nitrogens is 1. The van der Waals surface area contributed by atoms with Crippen molar-refractivity contribution >= 4 is 16.5 Å². The Hall–Kier alpha value is -0.610. The van der Waals surface area contributed by atoms with E-state index in [9.17, 15) is 0 Å². The van der Waals surface area contributed by atoms with Crippen molar-refractivity contribution in [2.75, 3.05) is 11.4 Å². The van der Waals surface area contributed by atoms with Gasteiger partial charge < -0.3 is 10.6 Å². The van der Waals surface area contributed by atoms with Gasteiger partial charge in [0.05, 0.1) is 5.69 Å². The Bertz CT molecular complexity index is 307. The maximum absolute atomic E-state index is 5.58. The van der Waals surface area contributed by atoms with E-state index < -0.39 is 0 Å². The number of anilines is 1. The molecule has 1 aromatic heterocycles. The summed E-state index contributed by atoms with van der Waals surface area (Å²) in [6.07, 6.45) is 5.18. The molecule has 0 aromatic carbocycles. The number of nitrogens with zero attached hydrogens (tertiary/aromatic N) is 2. The molecule has 0 saturated heterocycles. The van der Waals surface area contributed by atoms with Gasteiger partial charge >= 0.3 is 0 Å². The van der Waals surface area contributed by atoms with E-state index in [1.54, 1.807) is 11.3 Å². The molecule has 0 aliphatic heterocycles. The summed E-state index contributed by atoms with van der Waals surface area (Å²) < 4.78 is 0. The van der Waals surface area contributed by atoms with E-state index in [1.165, 1.54) is 30.8 Å². The summed E-state index contributed by atoms with van der Waals surface area (Å²) >= 11 is 1.74. The maximum atomic E-state index is 5.58. The van der Waals surface area contributed by atoms with Crippen LogP contribution >= 0.6 is 11.3 Å². The van der Waals surface area contributed by atoms with Gasteiger partial charge in [0.15, 0.2) is 5.13 Å². The minimum atomic E-state index is 0.558. The fraction of sp³-hybridized carbons (Fsp3) is 0.727. The van der Waals surface area contributed by atoms with Gasteiger partial charge in [0.1, 0.15) is 0 Å². The topological polar surface area (TPSA) is 42.2 Å². The number of rotatable bonds is 6. The van der Waals surface area contributed by atoms with Crippen LogP contribution in [-0.2, 0) is 6.54 Å². The lowest BCUT2D eigenvalue weighted by Crippen LogP contribution is -2.26. The summed E-state index contributed by atoms with van der Waals surface area (Å²) in [7, 11) is 0. The highest BCUT2D eigenvalue weighted by Crippen LogP contribution is 2.33. The SMILES string of the molecule is CCCCN(c1nc(CN)cs1)C1CC1. The fourth-order valence-electron chi connectivity index (χ4n) is 1.67. The van der Waals surface area contributed by atoms with Gasteiger partial charge in [-0.1, -0.05) is 13.3 Å². The zero-order valence-electron chi connectivity index (χ0n) is 9.28. The Kier molecular flexibility index (Phi) is 3.59. The number of nitrogens with two attached hydrogens (primary N) is 1. The van der Waals surface area contributed by atoms with Gasteiger partial charge in [-0.25, -0.2) is 4.98 Å². The van der Waals surface area contributed by atoms with Crippen LogP contribution in [0.4, 0.5) is 5.13 Å². The van der Waals surface area contributed by atoms with E-state index in [4.69, 9.17) is 5.73 Å². The second kappa shape index (κ2) is 4.94. The Morgan fingerprint density at radius 1 is 1.60 bits per heavy atom. The van der Waals surface area contributed by atoms with E-state index in [0.717, 1.165) is 18.3 Å². The van der Waals surface area contributed by atoms with Crippen LogP contribution in [0.15, 0.2) is 5.38 Å². The molecule has 0 atom stereocenters. The monoisotopic (exact) mass is 225 g/mol. The summed E-state index contributed by atoms with van der Waals surface area (Å²) in [5.74, 6) is 0. The molecule has 2 rings (SSSR count).